The first-order valence-corrected chi connectivity index (χ1v) is 5.20. The third-order valence-corrected chi connectivity index (χ3v) is 3.75. The van der Waals surface area contributed by atoms with Crippen molar-refractivity contribution >= 4 is 17.0 Å². The Bertz CT molecular complexity index is 273. The Morgan fingerprint density at radius 2 is 1.85 bits per heavy atom. The molecule has 1 unspecified atom stereocenters. The Morgan fingerprint density at radius 1 is 1.38 bits per heavy atom. The SMILES string of the molecule is CC1(C)CC(=O)C(C)(C)N1S(=O)O. The van der Waals surface area contributed by atoms with Crippen molar-refractivity contribution in [1.82, 2.24) is 4.31 Å². The molecule has 1 heterocycles. The molecule has 4 nitrogen and oxygen atoms in total. The van der Waals surface area contributed by atoms with Crippen LogP contribution in [0.15, 0.2) is 0 Å². The van der Waals surface area contributed by atoms with Crippen molar-refractivity contribution in [3.05, 3.63) is 0 Å². The number of Topliss-reactive ketones (excluding diaryl/α,β-unsaturated/α-hetero) is 1. The molecule has 1 saturated heterocycles. The molecule has 13 heavy (non-hydrogen) atoms. The van der Waals surface area contributed by atoms with Crippen LogP contribution in [0.3, 0.4) is 0 Å². The van der Waals surface area contributed by atoms with Gasteiger partial charge in [0.2, 0.25) is 11.3 Å². The Labute approximate surface area is 80.7 Å². The van der Waals surface area contributed by atoms with Crippen molar-refractivity contribution in [1.29, 1.82) is 0 Å². The molecule has 1 N–H and O–H groups in total. The zero-order valence-corrected chi connectivity index (χ0v) is 9.14. The maximum atomic E-state index is 11.5. The lowest BCUT2D eigenvalue weighted by Crippen LogP contribution is -2.50. The van der Waals surface area contributed by atoms with Gasteiger partial charge < -0.3 is 0 Å². The minimum atomic E-state index is -2.09. The summed E-state index contributed by atoms with van der Waals surface area (Å²) in [6, 6.07) is 0. The first-order valence-electron chi connectivity index (χ1n) is 4.14. The van der Waals surface area contributed by atoms with Gasteiger partial charge in [0.15, 0.2) is 5.78 Å². The van der Waals surface area contributed by atoms with E-state index in [0.29, 0.717) is 6.42 Å². The van der Waals surface area contributed by atoms with Crippen molar-refractivity contribution < 1.29 is 13.6 Å². The van der Waals surface area contributed by atoms with Gasteiger partial charge in [-0.25, -0.2) is 4.21 Å². The fourth-order valence-electron chi connectivity index (χ4n) is 1.96. The van der Waals surface area contributed by atoms with Gasteiger partial charge in [0.05, 0.1) is 5.54 Å². The molecule has 1 fully saturated rings. The van der Waals surface area contributed by atoms with Gasteiger partial charge in [-0.2, -0.15) is 4.31 Å². The quantitative estimate of drug-likeness (QED) is 0.648. The smallest absolute Gasteiger partial charge is 0.235 e. The molecular formula is C8H15NO3S. The molecule has 0 radical (unpaired) electrons. The van der Waals surface area contributed by atoms with E-state index in [0.717, 1.165) is 0 Å². The summed E-state index contributed by atoms with van der Waals surface area (Å²) in [7, 11) is 0. The largest absolute Gasteiger partial charge is 0.298 e. The predicted molar refractivity (Wildman–Crippen MR) is 50.4 cm³/mol. The Balaban J connectivity index is 3.14. The summed E-state index contributed by atoms with van der Waals surface area (Å²) >= 11 is -2.09. The standard InChI is InChI=1S/C8H15NO3S/c1-7(2)5-6(10)8(3,4)9(7)13(11)12/h5H2,1-4H3,(H,11,12). The summed E-state index contributed by atoms with van der Waals surface area (Å²) < 4.78 is 21.5. The first-order chi connectivity index (χ1) is 5.69. The molecule has 1 rings (SSSR count). The van der Waals surface area contributed by atoms with Crippen LogP contribution in [0.5, 0.6) is 0 Å². The van der Waals surface area contributed by atoms with Crippen LogP contribution in [0.4, 0.5) is 0 Å². The summed E-state index contributed by atoms with van der Waals surface area (Å²) in [5.74, 6) is 0.0138. The minimum Gasteiger partial charge on any atom is -0.298 e. The third kappa shape index (κ3) is 1.56. The molecule has 0 bridgehead atoms. The van der Waals surface area contributed by atoms with Gasteiger partial charge in [0.1, 0.15) is 0 Å². The van der Waals surface area contributed by atoms with Crippen molar-refractivity contribution in [2.24, 2.45) is 0 Å². The van der Waals surface area contributed by atoms with Crippen LogP contribution in [0, 0.1) is 0 Å². The number of rotatable bonds is 1. The molecule has 0 aromatic carbocycles. The van der Waals surface area contributed by atoms with Crippen molar-refractivity contribution in [2.45, 2.75) is 45.2 Å². The van der Waals surface area contributed by atoms with Gasteiger partial charge in [0, 0.05) is 12.0 Å². The summed E-state index contributed by atoms with van der Waals surface area (Å²) in [5.41, 5.74) is -1.36. The molecule has 1 atom stereocenters. The minimum absolute atomic E-state index is 0.0138. The van der Waals surface area contributed by atoms with E-state index in [-0.39, 0.29) is 5.78 Å². The second kappa shape index (κ2) is 2.87. The molecule has 76 valence electrons. The van der Waals surface area contributed by atoms with Gasteiger partial charge in [-0.3, -0.25) is 9.35 Å². The molecule has 0 aromatic rings. The van der Waals surface area contributed by atoms with E-state index in [1.807, 2.05) is 0 Å². The molecule has 0 amide bonds. The third-order valence-electron chi connectivity index (χ3n) is 2.49. The van der Waals surface area contributed by atoms with E-state index in [9.17, 15) is 9.00 Å². The van der Waals surface area contributed by atoms with E-state index >= 15 is 0 Å². The van der Waals surface area contributed by atoms with E-state index in [4.69, 9.17) is 4.55 Å². The predicted octanol–water partition coefficient (Wildman–Crippen LogP) is 0.955. The highest BCUT2D eigenvalue weighted by Gasteiger charge is 2.53. The number of hydrogen-bond acceptors (Lipinski definition) is 2. The summed E-state index contributed by atoms with van der Waals surface area (Å²) in [5, 5.41) is 0. The van der Waals surface area contributed by atoms with E-state index in [1.54, 1.807) is 27.7 Å². The van der Waals surface area contributed by atoms with E-state index in [1.165, 1.54) is 4.31 Å². The molecule has 1 aliphatic rings. The Kier molecular flexibility index (Phi) is 2.38. The second-order valence-corrected chi connectivity index (χ2v) is 5.32. The highest BCUT2D eigenvalue weighted by atomic mass is 32.2. The van der Waals surface area contributed by atoms with Gasteiger partial charge in [0.25, 0.3) is 0 Å². The topological polar surface area (TPSA) is 57.6 Å². The van der Waals surface area contributed by atoms with Gasteiger partial charge in [-0.05, 0) is 27.7 Å². The number of ketones is 1. The summed E-state index contributed by atoms with van der Waals surface area (Å²) in [6.07, 6.45) is 0.326. The lowest BCUT2D eigenvalue weighted by Gasteiger charge is -2.34. The maximum Gasteiger partial charge on any atom is 0.235 e. The molecular weight excluding hydrogens is 190 g/mol. The molecule has 0 aromatic heterocycles. The molecule has 5 heteroatoms. The van der Waals surface area contributed by atoms with Crippen LogP contribution in [0.25, 0.3) is 0 Å². The van der Waals surface area contributed by atoms with Gasteiger partial charge in [-0.1, -0.05) is 0 Å². The van der Waals surface area contributed by atoms with Crippen molar-refractivity contribution in [2.75, 3.05) is 0 Å². The zero-order chi connectivity index (χ0) is 10.4. The summed E-state index contributed by atoms with van der Waals surface area (Å²) in [4.78, 5) is 11.5. The summed E-state index contributed by atoms with van der Waals surface area (Å²) in [6.45, 7) is 6.96. The zero-order valence-electron chi connectivity index (χ0n) is 8.33. The number of carbonyl (C=O) groups excluding carboxylic acids is 1. The van der Waals surface area contributed by atoms with Crippen LogP contribution in [-0.2, 0) is 16.1 Å². The van der Waals surface area contributed by atoms with Crippen LogP contribution in [0.2, 0.25) is 0 Å². The van der Waals surface area contributed by atoms with Crippen molar-refractivity contribution in [3.8, 4) is 0 Å². The fraction of sp³-hybridized carbons (Fsp3) is 0.875. The van der Waals surface area contributed by atoms with Crippen LogP contribution in [0.1, 0.15) is 34.1 Å². The lowest BCUT2D eigenvalue weighted by molar-refractivity contribution is -0.122. The fourth-order valence-corrected chi connectivity index (χ4v) is 2.94. The molecule has 0 spiro atoms. The van der Waals surface area contributed by atoms with Gasteiger partial charge in [-0.15, -0.1) is 0 Å². The van der Waals surface area contributed by atoms with E-state index < -0.39 is 22.3 Å². The lowest BCUT2D eigenvalue weighted by atomic mass is 9.99. The normalized spacial score (nSPS) is 29.2. The van der Waals surface area contributed by atoms with Crippen LogP contribution >= 0.6 is 0 Å². The number of hydrogen-bond donors (Lipinski definition) is 1. The van der Waals surface area contributed by atoms with E-state index in [2.05, 4.69) is 0 Å². The highest BCUT2D eigenvalue weighted by Crippen LogP contribution is 2.38. The van der Waals surface area contributed by atoms with Crippen molar-refractivity contribution in [3.63, 3.8) is 0 Å². The number of carbonyl (C=O) groups is 1. The molecule has 1 aliphatic heterocycles. The average molecular weight is 205 g/mol. The highest BCUT2D eigenvalue weighted by molar-refractivity contribution is 7.76. The molecule has 0 saturated carbocycles. The second-order valence-electron chi connectivity index (χ2n) is 4.50. The first kappa shape index (κ1) is 10.8. The monoisotopic (exact) mass is 205 g/mol. The van der Waals surface area contributed by atoms with Gasteiger partial charge >= 0.3 is 0 Å². The Morgan fingerprint density at radius 3 is 2.00 bits per heavy atom. The average Bonchev–Trinajstić information content (AvgIpc) is 1.96. The molecule has 0 aliphatic carbocycles. The maximum absolute atomic E-state index is 11.5. The van der Waals surface area contributed by atoms with Crippen LogP contribution in [-0.4, -0.2) is 29.9 Å². The Hall–Kier alpha value is -0.260. The number of nitrogens with zero attached hydrogens (tertiary/aromatic N) is 1. The van der Waals surface area contributed by atoms with Crippen LogP contribution < -0.4 is 0 Å².